The third kappa shape index (κ3) is 5.20. The third-order valence-electron chi connectivity index (χ3n) is 3.58. The number of ether oxygens (including phenoxy) is 2. The van der Waals surface area contributed by atoms with E-state index in [-0.39, 0.29) is 38.3 Å². The maximum Gasteiger partial charge on any atom is 0.323 e. The molecular weight excluding hydrogens is 296 g/mol. The van der Waals surface area contributed by atoms with E-state index in [0.29, 0.717) is 0 Å². The van der Waals surface area contributed by atoms with Crippen LogP contribution in [-0.4, -0.2) is 30.9 Å². The number of Topliss-reactive ketones (excluding diaryl/α,β-unsaturated/α-hetero) is 1. The molecule has 0 fully saturated rings. The summed E-state index contributed by atoms with van der Waals surface area (Å²) in [5, 5.41) is 0. The van der Waals surface area contributed by atoms with Crippen LogP contribution in [0.5, 0.6) is 0 Å². The first kappa shape index (κ1) is 18.9. The van der Waals surface area contributed by atoms with Crippen LogP contribution in [0.1, 0.15) is 39.2 Å². The molecule has 5 heteroatoms. The Labute approximate surface area is 137 Å². The largest absolute Gasteiger partial charge is 0.465 e. The molecule has 0 unspecified atom stereocenters. The Balaban J connectivity index is 3.22. The zero-order valence-electron chi connectivity index (χ0n) is 14.0. The molecule has 126 valence electrons. The SMILES string of the molecule is CCOC(=O)C(CCC(C)=O)(Cc1ccccc1)C(=O)OCC. The number of hydrogen-bond acceptors (Lipinski definition) is 5. The zero-order chi connectivity index (χ0) is 17.3. The van der Waals surface area contributed by atoms with Crippen molar-refractivity contribution in [3.63, 3.8) is 0 Å². The van der Waals surface area contributed by atoms with Crippen LogP contribution in [0.15, 0.2) is 30.3 Å². The first-order valence-corrected chi connectivity index (χ1v) is 7.84. The van der Waals surface area contributed by atoms with E-state index in [1.54, 1.807) is 13.8 Å². The van der Waals surface area contributed by atoms with Gasteiger partial charge in [0.1, 0.15) is 5.78 Å². The van der Waals surface area contributed by atoms with Crippen LogP contribution in [0, 0.1) is 5.41 Å². The molecule has 5 nitrogen and oxygen atoms in total. The molecule has 0 aliphatic heterocycles. The van der Waals surface area contributed by atoms with Gasteiger partial charge in [-0.05, 0) is 39.2 Å². The second kappa shape index (κ2) is 9.08. The molecule has 0 saturated carbocycles. The molecule has 1 aromatic rings. The van der Waals surface area contributed by atoms with Gasteiger partial charge in [0.25, 0.3) is 0 Å². The molecule has 0 saturated heterocycles. The molecule has 0 amide bonds. The van der Waals surface area contributed by atoms with Crippen LogP contribution in [0.2, 0.25) is 0 Å². The standard InChI is InChI=1S/C18H24O5/c1-4-22-16(20)18(12-11-14(3)19,17(21)23-5-2)13-15-9-7-6-8-10-15/h6-10H,4-5,11-13H2,1-3H3. The van der Waals surface area contributed by atoms with E-state index in [0.717, 1.165) is 5.56 Å². The maximum atomic E-state index is 12.6. The lowest BCUT2D eigenvalue weighted by Gasteiger charge is -2.29. The summed E-state index contributed by atoms with van der Waals surface area (Å²) in [6.07, 6.45) is 0.345. The highest BCUT2D eigenvalue weighted by molar-refractivity contribution is 6.00. The van der Waals surface area contributed by atoms with Crippen molar-refractivity contribution in [1.82, 2.24) is 0 Å². The lowest BCUT2D eigenvalue weighted by Crippen LogP contribution is -2.44. The maximum absolute atomic E-state index is 12.6. The van der Waals surface area contributed by atoms with Crippen molar-refractivity contribution in [2.45, 2.75) is 40.0 Å². The van der Waals surface area contributed by atoms with Gasteiger partial charge in [-0.15, -0.1) is 0 Å². The van der Waals surface area contributed by atoms with Gasteiger partial charge in [0, 0.05) is 6.42 Å². The van der Waals surface area contributed by atoms with Crippen molar-refractivity contribution in [3.8, 4) is 0 Å². The van der Waals surface area contributed by atoms with Gasteiger partial charge in [-0.2, -0.15) is 0 Å². The molecule has 0 aromatic heterocycles. The van der Waals surface area contributed by atoms with Crippen LogP contribution in [0.25, 0.3) is 0 Å². The minimum atomic E-state index is -1.49. The number of benzene rings is 1. The highest BCUT2D eigenvalue weighted by Gasteiger charge is 2.48. The Morgan fingerprint density at radius 1 is 0.957 bits per heavy atom. The number of carbonyl (C=O) groups is 3. The first-order chi connectivity index (χ1) is 11.0. The van der Waals surface area contributed by atoms with E-state index >= 15 is 0 Å². The molecule has 1 rings (SSSR count). The third-order valence-corrected chi connectivity index (χ3v) is 3.58. The molecule has 0 aliphatic carbocycles. The fraction of sp³-hybridized carbons (Fsp3) is 0.500. The Bertz CT molecular complexity index is 518. The smallest absolute Gasteiger partial charge is 0.323 e. The summed E-state index contributed by atoms with van der Waals surface area (Å²) in [6, 6.07) is 9.19. The van der Waals surface area contributed by atoms with Gasteiger partial charge in [0.2, 0.25) is 0 Å². The Hall–Kier alpha value is -2.17. The number of rotatable bonds is 9. The summed E-state index contributed by atoms with van der Waals surface area (Å²) in [6.45, 7) is 5.12. The van der Waals surface area contributed by atoms with Crippen LogP contribution in [0.4, 0.5) is 0 Å². The number of carbonyl (C=O) groups excluding carboxylic acids is 3. The van der Waals surface area contributed by atoms with Crippen molar-refractivity contribution >= 4 is 17.7 Å². The quantitative estimate of drug-likeness (QED) is 0.517. The van der Waals surface area contributed by atoms with Gasteiger partial charge < -0.3 is 14.3 Å². The van der Waals surface area contributed by atoms with Crippen molar-refractivity contribution in [2.24, 2.45) is 5.41 Å². The van der Waals surface area contributed by atoms with E-state index in [4.69, 9.17) is 9.47 Å². The Kier molecular flexibility index (Phi) is 7.45. The molecule has 0 bridgehead atoms. The summed E-state index contributed by atoms with van der Waals surface area (Å²) in [4.78, 5) is 36.5. The predicted molar refractivity (Wildman–Crippen MR) is 85.8 cm³/mol. The lowest BCUT2D eigenvalue weighted by molar-refractivity contribution is -0.172. The van der Waals surface area contributed by atoms with Gasteiger partial charge in [0.15, 0.2) is 5.41 Å². The summed E-state index contributed by atoms with van der Waals surface area (Å²) in [5.74, 6) is -1.36. The summed E-state index contributed by atoms with van der Waals surface area (Å²) < 4.78 is 10.3. The highest BCUT2D eigenvalue weighted by Crippen LogP contribution is 2.33. The van der Waals surface area contributed by atoms with E-state index in [2.05, 4.69) is 0 Å². The molecule has 0 heterocycles. The minimum Gasteiger partial charge on any atom is -0.465 e. The summed E-state index contributed by atoms with van der Waals surface area (Å²) in [5.41, 5.74) is -0.670. The predicted octanol–water partition coefficient (Wildman–Crippen LogP) is 2.71. The molecule has 23 heavy (non-hydrogen) atoms. The minimum absolute atomic E-state index is 0.0783. The van der Waals surface area contributed by atoms with Crippen molar-refractivity contribution in [2.75, 3.05) is 13.2 Å². The van der Waals surface area contributed by atoms with Gasteiger partial charge in [-0.25, -0.2) is 0 Å². The van der Waals surface area contributed by atoms with Gasteiger partial charge in [-0.3, -0.25) is 9.59 Å². The van der Waals surface area contributed by atoms with Crippen LogP contribution in [0.3, 0.4) is 0 Å². The second-order valence-corrected chi connectivity index (χ2v) is 5.39. The highest BCUT2D eigenvalue weighted by atomic mass is 16.6. The van der Waals surface area contributed by atoms with Gasteiger partial charge >= 0.3 is 11.9 Å². The van der Waals surface area contributed by atoms with Crippen molar-refractivity contribution < 1.29 is 23.9 Å². The molecule has 0 N–H and O–H groups in total. The number of esters is 2. The van der Waals surface area contributed by atoms with Crippen LogP contribution < -0.4 is 0 Å². The zero-order valence-corrected chi connectivity index (χ0v) is 14.0. The Morgan fingerprint density at radius 3 is 1.91 bits per heavy atom. The van der Waals surface area contributed by atoms with E-state index < -0.39 is 17.4 Å². The van der Waals surface area contributed by atoms with Gasteiger partial charge in [-0.1, -0.05) is 30.3 Å². The van der Waals surface area contributed by atoms with Crippen molar-refractivity contribution in [3.05, 3.63) is 35.9 Å². The lowest BCUT2D eigenvalue weighted by atomic mass is 9.77. The monoisotopic (exact) mass is 320 g/mol. The molecule has 0 aliphatic rings. The average Bonchev–Trinajstić information content (AvgIpc) is 2.52. The normalized spacial score (nSPS) is 10.9. The van der Waals surface area contributed by atoms with Crippen molar-refractivity contribution in [1.29, 1.82) is 0 Å². The molecular formula is C18H24O5. The van der Waals surface area contributed by atoms with Gasteiger partial charge in [0.05, 0.1) is 13.2 Å². The van der Waals surface area contributed by atoms with Crippen LogP contribution in [-0.2, 0) is 30.3 Å². The molecule has 1 aromatic carbocycles. The molecule has 0 radical (unpaired) electrons. The van der Waals surface area contributed by atoms with Crippen LogP contribution >= 0.6 is 0 Å². The fourth-order valence-corrected chi connectivity index (χ4v) is 2.39. The first-order valence-electron chi connectivity index (χ1n) is 7.84. The van der Waals surface area contributed by atoms with E-state index in [1.165, 1.54) is 6.92 Å². The topological polar surface area (TPSA) is 69.7 Å². The Morgan fingerprint density at radius 2 is 1.48 bits per heavy atom. The summed E-state index contributed by atoms with van der Waals surface area (Å²) in [7, 11) is 0. The fourth-order valence-electron chi connectivity index (χ4n) is 2.39. The number of hydrogen-bond donors (Lipinski definition) is 0. The summed E-state index contributed by atoms with van der Waals surface area (Å²) >= 11 is 0. The second-order valence-electron chi connectivity index (χ2n) is 5.39. The molecule has 0 spiro atoms. The number of ketones is 1. The average molecular weight is 320 g/mol. The van der Waals surface area contributed by atoms with E-state index in [1.807, 2.05) is 30.3 Å². The van der Waals surface area contributed by atoms with E-state index in [9.17, 15) is 14.4 Å². The molecule has 0 atom stereocenters.